The molecule has 2 atom stereocenters. The maximum absolute atomic E-state index is 13.6. The molecule has 5 nitrogen and oxygen atoms in total. The lowest BCUT2D eigenvalue weighted by Crippen LogP contribution is -2.53. The van der Waals surface area contributed by atoms with E-state index in [1.807, 2.05) is 68.4 Å². The molecule has 3 rings (SSSR count). The van der Waals surface area contributed by atoms with Crippen molar-refractivity contribution in [2.75, 3.05) is 6.61 Å². The lowest BCUT2D eigenvalue weighted by molar-refractivity contribution is -0.143. The first-order valence-electron chi connectivity index (χ1n) is 11.6. The van der Waals surface area contributed by atoms with Gasteiger partial charge in [0.25, 0.3) is 5.91 Å². The Hall–Kier alpha value is -2.83. The van der Waals surface area contributed by atoms with E-state index < -0.39 is 6.04 Å². The largest absolute Gasteiger partial charge is 0.484 e. The summed E-state index contributed by atoms with van der Waals surface area (Å²) in [7, 11) is 0. The van der Waals surface area contributed by atoms with E-state index in [9.17, 15) is 9.59 Å². The molecule has 0 aromatic heterocycles. The summed E-state index contributed by atoms with van der Waals surface area (Å²) in [5.74, 6) is 0.0245. The van der Waals surface area contributed by atoms with Crippen LogP contribution in [0.2, 0.25) is 5.02 Å². The maximum Gasteiger partial charge on any atom is 0.261 e. The van der Waals surface area contributed by atoms with Gasteiger partial charge in [-0.05, 0) is 54.8 Å². The number of rotatable bonds is 11. The first kappa shape index (κ1) is 26.8. The van der Waals surface area contributed by atoms with Crippen LogP contribution in [0, 0.1) is 0 Å². The molecule has 0 saturated carbocycles. The lowest BCUT2D eigenvalue weighted by Gasteiger charge is -2.32. The fraction of sp³-hybridized carbons (Fsp3) is 0.286. The van der Waals surface area contributed by atoms with Gasteiger partial charge in [0.1, 0.15) is 11.8 Å². The van der Waals surface area contributed by atoms with E-state index >= 15 is 0 Å². The number of amides is 2. The van der Waals surface area contributed by atoms with Crippen molar-refractivity contribution in [3.8, 4) is 5.75 Å². The summed E-state index contributed by atoms with van der Waals surface area (Å²) >= 11 is 9.56. The van der Waals surface area contributed by atoms with E-state index in [1.165, 1.54) is 0 Å². The zero-order valence-electron chi connectivity index (χ0n) is 19.9. The first-order valence-corrected chi connectivity index (χ1v) is 12.8. The molecular weight excluding hydrogens is 528 g/mol. The Labute approximate surface area is 220 Å². The maximum atomic E-state index is 13.6. The fourth-order valence-electron chi connectivity index (χ4n) is 3.61. The first-order chi connectivity index (χ1) is 16.9. The van der Waals surface area contributed by atoms with Crippen molar-refractivity contribution in [2.24, 2.45) is 0 Å². The number of carbonyl (C=O) groups excluding carboxylic acids is 2. The molecule has 3 aromatic carbocycles. The number of ether oxygens (including phenoxy) is 1. The Bertz CT molecular complexity index is 1130. The van der Waals surface area contributed by atoms with Gasteiger partial charge in [-0.15, -0.1) is 0 Å². The molecule has 0 aliphatic carbocycles. The summed E-state index contributed by atoms with van der Waals surface area (Å²) in [5, 5.41) is 3.59. The SMILES string of the molecule is CCC(C)NC(=O)C(Cc1ccccc1)N(Cc1cccc(Br)c1)C(=O)COc1cccc(Cl)c1. The van der Waals surface area contributed by atoms with Gasteiger partial charge in [-0.25, -0.2) is 0 Å². The zero-order valence-corrected chi connectivity index (χ0v) is 22.3. The van der Waals surface area contributed by atoms with Crippen molar-refractivity contribution in [2.45, 2.75) is 45.3 Å². The molecule has 0 spiro atoms. The van der Waals surface area contributed by atoms with E-state index in [4.69, 9.17) is 16.3 Å². The number of carbonyl (C=O) groups is 2. The van der Waals surface area contributed by atoms with Crippen LogP contribution in [0.15, 0.2) is 83.3 Å². The van der Waals surface area contributed by atoms with Crippen molar-refractivity contribution >= 4 is 39.3 Å². The molecule has 0 aliphatic rings. The predicted octanol–water partition coefficient (Wildman–Crippen LogP) is 6.04. The molecule has 2 unspecified atom stereocenters. The third-order valence-electron chi connectivity index (χ3n) is 5.67. The normalized spacial score (nSPS) is 12.5. The van der Waals surface area contributed by atoms with E-state index in [1.54, 1.807) is 29.2 Å². The Morgan fingerprint density at radius 3 is 2.40 bits per heavy atom. The van der Waals surface area contributed by atoms with Crippen LogP contribution in [0.1, 0.15) is 31.4 Å². The number of hydrogen-bond acceptors (Lipinski definition) is 3. The van der Waals surface area contributed by atoms with Gasteiger partial charge in [0, 0.05) is 28.5 Å². The topological polar surface area (TPSA) is 58.6 Å². The van der Waals surface area contributed by atoms with Gasteiger partial charge in [0.15, 0.2) is 6.61 Å². The van der Waals surface area contributed by atoms with Crippen LogP contribution in [0.25, 0.3) is 0 Å². The van der Waals surface area contributed by atoms with Gasteiger partial charge in [0.05, 0.1) is 0 Å². The molecule has 0 heterocycles. The molecular formula is C28H30BrClN2O3. The van der Waals surface area contributed by atoms with Crippen molar-refractivity contribution in [3.05, 3.63) is 99.5 Å². The number of nitrogens with one attached hydrogen (secondary N) is 1. The van der Waals surface area contributed by atoms with E-state index in [-0.39, 0.29) is 31.0 Å². The Balaban J connectivity index is 1.91. The number of benzene rings is 3. The third kappa shape index (κ3) is 8.41. The molecule has 0 fully saturated rings. The molecule has 0 bridgehead atoms. The Morgan fingerprint density at radius 1 is 1.00 bits per heavy atom. The molecule has 7 heteroatoms. The van der Waals surface area contributed by atoms with Crippen molar-refractivity contribution in [3.63, 3.8) is 0 Å². The minimum Gasteiger partial charge on any atom is -0.484 e. The number of nitrogens with zero attached hydrogens (tertiary/aromatic N) is 1. The summed E-state index contributed by atoms with van der Waals surface area (Å²) in [5.41, 5.74) is 1.88. The van der Waals surface area contributed by atoms with Crippen LogP contribution in [-0.4, -0.2) is 35.4 Å². The van der Waals surface area contributed by atoms with Gasteiger partial charge in [-0.3, -0.25) is 9.59 Å². The molecule has 35 heavy (non-hydrogen) atoms. The van der Waals surface area contributed by atoms with Crippen LogP contribution < -0.4 is 10.1 Å². The van der Waals surface area contributed by atoms with Gasteiger partial charge in [0.2, 0.25) is 5.91 Å². The summed E-state index contributed by atoms with van der Waals surface area (Å²) in [4.78, 5) is 28.6. The van der Waals surface area contributed by atoms with E-state index in [2.05, 4.69) is 21.2 Å². The average Bonchev–Trinajstić information content (AvgIpc) is 2.85. The Morgan fingerprint density at radius 2 is 1.71 bits per heavy atom. The molecule has 0 saturated heterocycles. The molecule has 184 valence electrons. The molecule has 3 aromatic rings. The summed E-state index contributed by atoms with van der Waals surface area (Å²) in [6.07, 6.45) is 1.18. The van der Waals surface area contributed by atoms with Crippen molar-refractivity contribution in [1.82, 2.24) is 10.2 Å². The number of halogens is 2. The molecule has 1 N–H and O–H groups in total. The summed E-state index contributed by atoms with van der Waals surface area (Å²) in [6, 6.07) is 23.6. The van der Waals surface area contributed by atoms with Crippen LogP contribution in [0.4, 0.5) is 0 Å². The molecule has 2 amide bonds. The standard InChI is InChI=1S/C28H30BrClN2O3/c1-3-20(2)31-28(34)26(16-21-9-5-4-6-10-21)32(18-22-11-7-12-23(29)15-22)27(33)19-35-25-14-8-13-24(30)17-25/h4-15,17,20,26H,3,16,18-19H2,1-2H3,(H,31,34). The smallest absolute Gasteiger partial charge is 0.261 e. The van der Waals surface area contributed by atoms with Gasteiger partial charge >= 0.3 is 0 Å². The molecule has 0 aliphatic heterocycles. The van der Waals surface area contributed by atoms with Gasteiger partial charge < -0.3 is 15.0 Å². The lowest BCUT2D eigenvalue weighted by atomic mass is 10.0. The zero-order chi connectivity index (χ0) is 25.2. The quantitative estimate of drug-likeness (QED) is 0.313. The highest BCUT2D eigenvalue weighted by Gasteiger charge is 2.31. The minimum absolute atomic E-state index is 0.00805. The number of hydrogen-bond donors (Lipinski definition) is 1. The van der Waals surface area contributed by atoms with E-state index in [0.29, 0.717) is 17.2 Å². The van der Waals surface area contributed by atoms with Gasteiger partial charge in [-0.1, -0.05) is 83.0 Å². The average molecular weight is 558 g/mol. The second-order valence-electron chi connectivity index (χ2n) is 8.42. The molecule has 0 radical (unpaired) electrons. The fourth-order valence-corrected chi connectivity index (χ4v) is 4.24. The highest BCUT2D eigenvalue weighted by Crippen LogP contribution is 2.20. The highest BCUT2D eigenvalue weighted by atomic mass is 79.9. The summed E-state index contributed by atoms with van der Waals surface area (Å²) < 4.78 is 6.66. The van der Waals surface area contributed by atoms with Crippen LogP contribution >= 0.6 is 27.5 Å². The van der Waals surface area contributed by atoms with E-state index in [0.717, 1.165) is 22.0 Å². The van der Waals surface area contributed by atoms with Crippen molar-refractivity contribution in [1.29, 1.82) is 0 Å². The monoisotopic (exact) mass is 556 g/mol. The van der Waals surface area contributed by atoms with Crippen molar-refractivity contribution < 1.29 is 14.3 Å². The third-order valence-corrected chi connectivity index (χ3v) is 6.40. The second kappa shape index (κ2) is 13.3. The minimum atomic E-state index is -0.708. The highest BCUT2D eigenvalue weighted by molar-refractivity contribution is 9.10. The van der Waals surface area contributed by atoms with Gasteiger partial charge in [-0.2, -0.15) is 0 Å². The van der Waals surface area contributed by atoms with Crippen LogP contribution in [0.3, 0.4) is 0 Å². The predicted molar refractivity (Wildman–Crippen MR) is 143 cm³/mol. The Kier molecular flexibility index (Phi) is 10.2. The summed E-state index contributed by atoms with van der Waals surface area (Å²) in [6.45, 7) is 4.03. The van der Waals surface area contributed by atoms with Crippen LogP contribution in [-0.2, 0) is 22.6 Å². The van der Waals surface area contributed by atoms with Crippen LogP contribution in [0.5, 0.6) is 5.75 Å². The second-order valence-corrected chi connectivity index (χ2v) is 9.77.